The van der Waals surface area contributed by atoms with Crippen LogP contribution in [0.1, 0.15) is 6.92 Å². The van der Waals surface area contributed by atoms with E-state index in [2.05, 4.69) is 10.1 Å². The summed E-state index contributed by atoms with van der Waals surface area (Å²) in [4.78, 5) is 11.4. The maximum Gasteiger partial charge on any atom is 0.350 e. The molecular weight excluding hydrogens is 251 g/mol. The van der Waals surface area contributed by atoms with E-state index in [0.717, 1.165) is 6.20 Å². The summed E-state index contributed by atoms with van der Waals surface area (Å²) in [6, 6.07) is 5.56. The number of ether oxygens (including phenoxy) is 2. The molecule has 0 unspecified atom stereocenters. The summed E-state index contributed by atoms with van der Waals surface area (Å²) in [6.07, 6.45) is 1.15. The first kappa shape index (κ1) is 14.5. The minimum absolute atomic E-state index is 0.168. The quantitative estimate of drug-likeness (QED) is 0.501. The van der Waals surface area contributed by atoms with Crippen molar-refractivity contribution < 1.29 is 18.7 Å². The van der Waals surface area contributed by atoms with Crippen LogP contribution >= 0.6 is 0 Å². The normalized spacial score (nSPS) is 10.5. The largest absolute Gasteiger partial charge is 0.495 e. The van der Waals surface area contributed by atoms with Gasteiger partial charge in [-0.1, -0.05) is 0 Å². The molecule has 1 rings (SSSR count). The van der Waals surface area contributed by atoms with Crippen molar-refractivity contribution >= 4 is 11.7 Å². The predicted octanol–water partition coefficient (Wildman–Crippen LogP) is 2.22. The molecule has 0 heterocycles. The number of benzene rings is 1. The van der Waals surface area contributed by atoms with E-state index in [9.17, 15) is 9.18 Å². The zero-order valence-corrected chi connectivity index (χ0v) is 10.6. The molecule has 0 spiro atoms. The third-order valence-electron chi connectivity index (χ3n) is 2.15. The van der Waals surface area contributed by atoms with Crippen LogP contribution in [0.2, 0.25) is 0 Å². The summed E-state index contributed by atoms with van der Waals surface area (Å²) in [5, 5.41) is 11.5. The molecular formula is C13H13FN2O3. The SMILES string of the molecule is CCOC(=O)/C(C#N)=C/Nc1cc(F)ccc1OC. The molecule has 0 radical (unpaired) electrons. The maximum absolute atomic E-state index is 13.1. The Labute approximate surface area is 110 Å². The molecule has 0 aliphatic heterocycles. The van der Waals surface area contributed by atoms with Crippen molar-refractivity contribution in [3.05, 3.63) is 35.8 Å². The van der Waals surface area contributed by atoms with E-state index in [1.165, 1.54) is 25.3 Å². The highest BCUT2D eigenvalue weighted by Gasteiger charge is 2.10. The van der Waals surface area contributed by atoms with Gasteiger partial charge in [-0.3, -0.25) is 0 Å². The molecule has 0 atom stereocenters. The second-order valence-electron chi connectivity index (χ2n) is 3.38. The lowest BCUT2D eigenvalue weighted by molar-refractivity contribution is -0.138. The highest BCUT2D eigenvalue weighted by Crippen LogP contribution is 2.25. The number of nitrogens with zero attached hydrogens (tertiary/aromatic N) is 1. The van der Waals surface area contributed by atoms with Crippen LogP contribution < -0.4 is 10.1 Å². The van der Waals surface area contributed by atoms with Crippen molar-refractivity contribution in [3.8, 4) is 11.8 Å². The highest BCUT2D eigenvalue weighted by atomic mass is 19.1. The van der Waals surface area contributed by atoms with Gasteiger partial charge in [-0.15, -0.1) is 0 Å². The third-order valence-corrected chi connectivity index (χ3v) is 2.15. The second kappa shape index (κ2) is 7.01. The van der Waals surface area contributed by atoms with Crippen LogP contribution in [0.3, 0.4) is 0 Å². The first-order valence-electron chi connectivity index (χ1n) is 5.49. The summed E-state index contributed by atoms with van der Waals surface area (Å²) < 4.78 is 22.8. The van der Waals surface area contributed by atoms with E-state index in [1.54, 1.807) is 13.0 Å². The van der Waals surface area contributed by atoms with Gasteiger partial charge >= 0.3 is 5.97 Å². The number of anilines is 1. The summed E-state index contributed by atoms with van der Waals surface area (Å²) in [6.45, 7) is 1.80. The van der Waals surface area contributed by atoms with Gasteiger partial charge < -0.3 is 14.8 Å². The van der Waals surface area contributed by atoms with Gasteiger partial charge in [0.2, 0.25) is 0 Å². The molecule has 0 fully saturated rings. The van der Waals surface area contributed by atoms with Crippen molar-refractivity contribution in [2.24, 2.45) is 0 Å². The molecule has 19 heavy (non-hydrogen) atoms. The fraction of sp³-hybridized carbons (Fsp3) is 0.231. The minimum Gasteiger partial charge on any atom is -0.495 e. The van der Waals surface area contributed by atoms with E-state index >= 15 is 0 Å². The number of hydrogen-bond donors (Lipinski definition) is 1. The third kappa shape index (κ3) is 4.00. The van der Waals surface area contributed by atoms with Gasteiger partial charge in [0, 0.05) is 12.3 Å². The standard InChI is InChI=1S/C13H13FN2O3/c1-3-19-13(17)9(7-15)8-16-11-6-10(14)4-5-12(11)18-2/h4-6,8,16H,3H2,1-2H3/b9-8+. The Balaban J connectivity index is 2.93. The molecule has 0 aliphatic carbocycles. The summed E-state index contributed by atoms with van der Waals surface area (Å²) in [5.41, 5.74) is 0.0905. The lowest BCUT2D eigenvalue weighted by Crippen LogP contribution is -2.08. The van der Waals surface area contributed by atoms with E-state index in [1.807, 2.05) is 0 Å². The van der Waals surface area contributed by atoms with Crippen molar-refractivity contribution in [1.82, 2.24) is 0 Å². The van der Waals surface area contributed by atoms with E-state index in [4.69, 9.17) is 10.00 Å². The molecule has 1 N–H and O–H groups in total. The Morgan fingerprint density at radius 2 is 2.32 bits per heavy atom. The predicted molar refractivity (Wildman–Crippen MR) is 66.9 cm³/mol. The molecule has 5 nitrogen and oxygen atoms in total. The average Bonchev–Trinajstić information content (AvgIpc) is 2.40. The van der Waals surface area contributed by atoms with Gasteiger partial charge in [0.15, 0.2) is 5.57 Å². The van der Waals surface area contributed by atoms with Crippen LogP contribution in [0.4, 0.5) is 10.1 Å². The summed E-state index contributed by atoms with van der Waals surface area (Å²) in [5.74, 6) is -0.821. The number of halogens is 1. The Bertz CT molecular complexity index is 535. The zero-order chi connectivity index (χ0) is 14.3. The first-order chi connectivity index (χ1) is 9.12. The number of carbonyl (C=O) groups is 1. The van der Waals surface area contributed by atoms with Crippen LogP contribution in [-0.4, -0.2) is 19.7 Å². The van der Waals surface area contributed by atoms with Gasteiger partial charge in [0.25, 0.3) is 0 Å². The Morgan fingerprint density at radius 3 is 2.89 bits per heavy atom. The molecule has 0 aliphatic rings. The van der Waals surface area contributed by atoms with Gasteiger partial charge in [-0.2, -0.15) is 5.26 Å². The van der Waals surface area contributed by atoms with Crippen LogP contribution in [0.15, 0.2) is 30.0 Å². The van der Waals surface area contributed by atoms with E-state index < -0.39 is 11.8 Å². The average molecular weight is 264 g/mol. The molecule has 100 valence electrons. The lowest BCUT2D eigenvalue weighted by atomic mass is 10.2. The number of carbonyl (C=O) groups excluding carboxylic acids is 1. The topological polar surface area (TPSA) is 71.4 Å². The number of rotatable bonds is 5. The number of nitriles is 1. The molecule has 0 saturated heterocycles. The molecule has 1 aromatic carbocycles. The van der Waals surface area contributed by atoms with Crippen molar-refractivity contribution in [1.29, 1.82) is 5.26 Å². The minimum atomic E-state index is -0.743. The molecule has 6 heteroatoms. The molecule has 1 aromatic rings. The molecule has 0 amide bonds. The fourth-order valence-corrected chi connectivity index (χ4v) is 1.29. The van der Waals surface area contributed by atoms with Crippen LogP contribution in [0, 0.1) is 17.1 Å². The van der Waals surface area contributed by atoms with Crippen LogP contribution in [0.25, 0.3) is 0 Å². The number of esters is 1. The molecule has 0 bridgehead atoms. The summed E-state index contributed by atoms with van der Waals surface area (Å²) in [7, 11) is 1.43. The lowest BCUT2D eigenvalue weighted by Gasteiger charge is -2.08. The Morgan fingerprint density at radius 1 is 1.58 bits per heavy atom. The number of methoxy groups -OCH3 is 1. The monoisotopic (exact) mass is 264 g/mol. The fourth-order valence-electron chi connectivity index (χ4n) is 1.29. The van der Waals surface area contributed by atoms with Crippen molar-refractivity contribution in [3.63, 3.8) is 0 Å². The van der Waals surface area contributed by atoms with Gasteiger partial charge in [-0.05, 0) is 19.1 Å². The van der Waals surface area contributed by atoms with Crippen molar-refractivity contribution in [2.45, 2.75) is 6.92 Å². The molecule has 0 aromatic heterocycles. The van der Waals surface area contributed by atoms with Gasteiger partial charge in [0.1, 0.15) is 17.6 Å². The first-order valence-corrected chi connectivity index (χ1v) is 5.49. The molecule has 0 saturated carbocycles. The van der Waals surface area contributed by atoms with Crippen LogP contribution in [-0.2, 0) is 9.53 Å². The van der Waals surface area contributed by atoms with Crippen LogP contribution in [0.5, 0.6) is 5.75 Å². The zero-order valence-electron chi connectivity index (χ0n) is 10.6. The number of hydrogen-bond acceptors (Lipinski definition) is 5. The maximum atomic E-state index is 13.1. The number of nitrogens with one attached hydrogen (secondary N) is 1. The van der Waals surface area contributed by atoms with Gasteiger partial charge in [0.05, 0.1) is 19.4 Å². The highest BCUT2D eigenvalue weighted by molar-refractivity contribution is 5.93. The Kier molecular flexibility index (Phi) is 5.35. The smallest absolute Gasteiger partial charge is 0.350 e. The second-order valence-corrected chi connectivity index (χ2v) is 3.38. The summed E-state index contributed by atoms with van der Waals surface area (Å²) >= 11 is 0. The van der Waals surface area contributed by atoms with E-state index in [0.29, 0.717) is 11.4 Å². The van der Waals surface area contributed by atoms with Crippen molar-refractivity contribution in [2.75, 3.05) is 19.0 Å². The van der Waals surface area contributed by atoms with E-state index in [-0.39, 0.29) is 12.2 Å². The van der Waals surface area contributed by atoms with Gasteiger partial charge in [-0.25, -0.2) is 9.18 Å². The Hall–Kier alpha value is -2.55.